The number of anilines is 2. The summed E-state index contributed by atoms with van der Waals surface area (Å²) in [5.74, 6) is 1.42. The summed E-state index contributed by atoms with van der Waals surface area (Å²) in [4.78, 5) is 14.4. The van der Waals surface area contributed by atoms with Crippen molar-refractivity contribution in [2.75, 3.05) is 23.8 Å². The predicted molar refractivity (Wildman–Crippen MR) is 94.5 cm³/mol. The SMILES string of the molecule is CC1(C)Oc2cc(N)ccc2N(CCCOc2ccccc2)C1=O. The van der Waals surface area contributed by atoms with Crippen molar-refractivity contribution in [1.29, 1.82) is 0 Å². The van der Waals surface area contributed by atoms with E-state index in [1.807, 2.05) is 36.4 Å². The highest BCUT2D eigenvalue weighted by Gasteiger charge is 2.40. The number of benzene rings is 2. The summed E-state index contributed by atoms with van der Waals surface area (Å²) in [7, 11) is 0. The van der Waals surface area contributed by atoms with Gasteiger partial charge in [-0.25, -0.2) is 0 Å². The maximum absolute atomic E-state index is 12.7. The van der Waals surface area contributed by atoms with Crippen molar-refractivity contribution in [3.05, 3.63) is 48.5 Å². The van der Waals surface area contributed by atoms with Crippen molar-refractivity contribution in [2.24, 2.45) is 0 Å². The number of carbonyl (C=O) groups excluding carboxylic acids is 1. The van der Waals surface area contributed by atoms with Crippen LogP contribution in [0.1, 0.15) is 20.3 Å². The summed E-state index contributed by atoms with van der Waals surface area (Å²) in [6, 6.07) is 15.0. The smallest absolute Gasteiger partial charge is 0.270 e. The van der Waals surface area contributed by atoms with E-state index in [4.69, 9.17) is 15.2 Å². The fourth-order valence-electron chi connectivity index (χ4n) is 2.74. The lowest BCUT2D eigenvalue weighted by atomic mass is 10.0. The topological polar surface area (TPSA) is 64.8 Å². The molecule has 1 aliphatic rings. The highest BCUT2D eigenvalue weighted by atomic mass is 16.5. The predicted octanol–water partition coefficient (Wildman–Crippen LogP) is 3.24. The fraction of sp³-hybridized carbons (Fsp3) is 0.316. The van der Waals surface area contributed by atoms with Crippen LogP contribution in [0.15, 0.2) is 48.5 Å². The Morgan fingerprint density at radius 3 is 2.67 bits per heavy atom. The van der Waals surface area contributed by atoms with Gasteiger partial charge in [-0.05, 0) is 44.5 Å². The van der Waals surface area contributed by atoms with E-state index in [1.54, 1.807) is 30.9 Å². The van der Waals surface area contributed by atoms with Gasteiger partial charge in [-0.2, -0.15) is 0 Å². The molecular formula is C19H22N2O3. The monoisotopic (exact) mass is 326 g/mol. The van der Waals surface area contributed by atoms with Gasteiger partial charge in [0.25, 0.3) is 5.91 Å². The Kier molecular flexibility index (Phi) is 4.34. The molecule has 3 rings (SSSR count). The van der Waals surface area contributed by atoms with Gasteiger partial charge in [0, 0.05) is 18.3 Å². The van der Waals surface area contributed by atoms with Gasteiger partial charge in [0.05, 0.1) is 12.3 Å². The highest BCUT2D eigenvalue weighted by Crippen LogP contribution is 2.38. The molecule has 1 heterocycles. The van der Waals surface area contributed by atoms with Crippen LogP contribution < -0.4 is 20.1 Å². The third kappa shape index (κ3) is 3.30. The lowest BCUT2D eigenvalue weighted by Crippen LogP contribution is -2.52. The number of hydrogen-bond acceptors (Lipinski definition) is 4. The Labute approximate surface area is 142 Å². The van der Waals surface area contributed by atoms with Gasteiger partial charge in [0.2, 0.25) is 0 Å². The molecule has 0 unspecified atom stereocenters. The lowest BCUT2D eigenvalue weighted by Gasteiger charge is -2.38. The summed E-state index contributed by atoms with van der Waals surface area (Å²) in [6.45, 7) is 4.65. The third-order valence-electron chi connectivity index (χ3n) is 3.94. The largest absolute Gasteiger partial charge is 0.494 e. The van der Waals surface area contributed by atoms with Crippen LogP contribution in [-0.4, -0.2) is 24.7 Å². The average Bonchev–Trinajstić information content (AvgIpc) is 2.55. The number of nitrogen functional groups attached to an aromatic ring is 1. The van der Waals surface area contributed by atoms with Crippen LogP contribution in [0.5, 0.6) is 11.5 Å². The first-order chi connectivity index (χ1) is 11.5. The molecule has 5 heteroatoms. The fourth-order valence-corrected chi connectivity index (χ4v) is 2.74. The summed E-state index contributed by atoms with van der Waals surface area (Å²) in [6.07, 6.45) is 0.723. The molecule has 1 aliphatic heterocycles. The molecule has 0 bridgehead atoms. The van der Waals surface area contributed by atoms with E-state index in [1.165, 1.54) is 0 Å². The van der Waals surface area contributed by atoms with Gasteiger partial charge >= 0.3 is 0 Å². The molecule has 0 saturated carbocycles. The summed E-state index contributed by atoms with van der Waals surface area (Å²) >= 11 is 0. The van der Waals surface area contributed by atoms with Crippen LogP contribution >= 0.6 is 0 Å². The number of rotatable bonds is 5. The molecule has 0 aromatic heterocycles. The minimum Gasteiger partial charge on any atom is -0.494 e. The zero-order valence-electron chi connectivity index (χ0n) is 14.0. The first-order valence-corrected chi connectivity index (χ1v) is 8.06. The number of nitrogens with two attached hydrogens (primary N) is 1. The Bertz CT molecular complexity index is 729. The van der Waals surface area contributed by atoms with E-state index in [0.717, 1.165) is 17.9 Å². The molecule has 0 fully saturated rings. The van der Waals surface area contributed by atoms with Crippen LogP contribution in [-0.2, 0) is 4.79 Å². The number of para-hydroxylation sites is 1. The van der Waals surface area contributed by atoms with Gasteiger partial charge in [0.15, 0.2) is 5.60 Å². The quantitative estimate of drug-likeness (QED) is 0.677. The average molecular weight is 326 g/mol. The van der Waals surface area contributed by atoms with Crippen LogP contribution in [0.4, 0.5) is 11.4 Å². The number of amides is 1. The van der Waals surface area contributed by atoms with E-state index in [2.05, 4.69) is 0 Å². The van der Waals surface area contributed by atoms with Crippen LogP contribution in [0.25, 0.3) is 0 Å². The number of hydrogen-bond donors (Lipinski definition) is 1. The molecule has 1 amide bonds. The van der Waals surface area contributed by atoms with Gasteiger partial charge in [-0.1, -0.05) is 18.2 Å². The van der Waals surface area contributed by atoms with Crippen molar-refractivity contribution >= 4 is 17.3 Å². The molecule has 2 N–H and O–H groups in total. The van der Waals surface area contributed by atoms with E-state index in [9.17, 15) is 4.79 Å². The molecule has 2 aromatic carbocycles. The second-order valence-electron chi connectivity index (χ2n) is 6.31. The molecule has 0 atom stereocenters. The minimum absolute atomic E-state index is 0.0560. The second-order valence-corrected chi connectivity index (χ2v) is 6.31. The first-order valence-electron chi connectivity index (χ1n) is 8.06. The van der Waals surface area contributed by atoms with Crippen molar-refractivity contribution < 1.29 is 14.3 Å². The van der Waals surface area contributed by atoms with Gasteiger partial charge in [-0.3, -0.25) is 4.79 Å². The number of ether oxygens (including phenoxy) is 2. The maximum Gasteiger partial charge on any atom is 0.270 e. The number of nitrogens with zero attached hydrogens (tertiary/aromatic N) is 1. The molecule has 0 aliphatic carbocycles. The minimum atomic E-state index is -0.902. The lowest BCUT2D eigenvalue weighted by molar-refractivity contribution is -0.132. The number of carbonyl (C=O) groups is 1. The molecule has 5 nitrogen and oxygen atoms in total. The highest BCUT2D eigenvalue weighted by molar-refractivity contribution is 6.02. The first kappa shape index (κ1) is 16.2. The maximum atomic E-state index is 12.7. The van der Waals surface area contributed by atoms with Gasteiger partial charge in [-0.15, -0.1) is 0 Å². The summed E-state index contributed by atoms with van der Waals surface area (Å²) in [5, 5.41) is 0. The molecular weight excluding hydrogens is 304 g/mol. The molecule has 126 valence electrons. The Balaban J connectivity index is 1.69. The number of fused-ring (bicyclic) bond motifs is 1. The Morgan fingerprint density at radius 2 is 1.92 bits per heavy atom. The molecule has 2 aromatic rings. The van der Waals surface area contributed by atoms with Crippen LogP contribution in [0.3, 0.4) is 0 Å². The van der Waals surface area contributed by atoms with E-state index in [-0.39, 0.29) is 5.91 Å². The van der Waals surface area contributed by atoms with Gasteiger partial charge in [0.1, 0.15) is 11.5 Å². The standard InChI is InChI=1S/C19H22N2O3/c1-19(2)18(22)21(16-10-9-14(20)13-17(16)24-19)11-6-12-23-15-7-4-3-5-8-15/h3-5,7-10,13H,6,11-12,20H2,1-2H3. The molecule has 24 heavy (non-hydrogen) atoms. The van der Waals surface area contributed by atoms with Crippen molar-refractivity contribution in [2.45, 2.75) is 25.9 Å². The van der Waals surface area contributed by atoms with Gasteiger partial charge < -0.3 is 20.1 Å². The van der Waals surface area contributed by atoms with Crippen molar-refractivity contribution in [3.63, 3.8) is 0 Å². The zero-order chi connectivity index (χ0) is 17.2. The normalized spacial score (nSPS) is 15.6. The van der Waals surface area contributed by atoms with Crippen molar-refractivity contribution in [1.82, 2.24) is 0 Å². The summed E-state index contributed by atoms with van der Waals surface area (Å²) < 4.78 is 11.5. The van der Waals surface area contributed by atoms with Crippen molar-refractivity contribution in [3.8, 4) is 11.5 Å². The second kappa shape index (κ2) is 6.43. The third-order valence-corrected chi connectivity index (χ3v) is 3.94. The van der Waals surface area contributed by atoms with E-state index >= 15 is 0 Å². The zero-order valence-corrected chi connectivity index (χ0v) is 14.0. The molecule has 0 radical (unpaired) electrons. The van der Waals surface area contributed by atoms with Crippen LogP contribution in [0, 0.1) is 0 Å². The Morgan fingerprint density at radius 1 is 1.17 bits per heavy atom. The van der Waals surface area contributed by atoms with Crippen LogP contribution in [0.2, 0.25) is 0 Å². The van der Waals surface area contributed by atoms with E-state index < -0.39 is 5.60 Å². The van der Waals surface area contributed by atoms with E-state index in [0.29, 0.717) is 24.6 Å². The molecule has 0 saturated heterocycles. The summed E-state index contributed by atoms with van der Waals surface area (Å²) in [5.41, 5.74) is 6.31. The Hall–Kier alpha value is -2.69. The molecule has 0 spiro atoms.